The van der Waals surface area contributed by atoms with Crippen LogP contribution >= 0.6 is 7.82 Å². The van der Waals surface area contributed by atoms with Crippen LogP contribution in [0.1, 0.15) is 425 Å². The Labute approximate surface area is 549 Å². The van der Waals surface area contributed by atoms with Crippen LogP contribution in [0.2, 0.25) is 0 Å². The summed E-state index contributed by atoms with van der Waals surface area (Å²) in [6, 6.07) is 0. The van der Waals surface area contributed by atoms with E-state index in [1.54, 1.807) is 0 Å². The van der Waals surface area contributed by atoms with E-state index in [1.807, 2.05) is 21.1 Å². The molecule has 0 aromatic carbocycles. The molecule has 524 valence electrons. The highest BCUT2D eigenvalue weighted by atomic mass is 31.2. The Morgan fingerprint density at radius 1 is 0.341 bits per heavy atom. The molecule has 10 heteroatoms. The zero-order valence-corrected chi connectivity index (χ0v) is 60.9. The lowest BCUT2D eigenvalue weighted by molar-refractivity contribution is -0.870. The van der Waals surface area contributed by atoms with E-state index in [2.05, 4.69) is 26.0 Å². The molecular formula is C78H155NO8P+. The Morgan fingerprint density at radius 2 is 0.580 bits per heavy atom. The van der Waals surface area contributed by atoms with E-state index in [1.165, 1.54) is 360 Å². The second-order valence-corrected chi connectivity index (χ2v) is 29.9. The van der Waals surface area contributed by atoms with Gasteiger partial charge >= 0.3 is 19.8 Å². The molecule has 0 spiro atoms. The Morgan fingerprint density at radius 3 is 0.841 bits per heavy atom. The summed E-state index contributed by atoms with van der Waals surface area (Å²) in [7, 11) is 1.51. The zero-order valence-electron chi connectivity index (χ0n) is 60.0. The van der Waals surface area contributed by atoms with E-state index in [0.717, 1.165) is 38.5 Å². The highest BCUT2D eigenvalue weighted by molar-refractivity contribution is 7.47. The van der Waals surface area contributed by atoms with Crippen LogP contribution in [0.5, 0.6) is 0 Å². The van der Waals surface area contributed by atoms with Crippen LogP contribution in [0.15, 0.2) is 12.2 Å². The van der Waals surface area contributed by atoms with Gasteiger partial charge in [0.25, 0.3) is 0 Å². The van der Waals surface area contributed by atoms with Crippen LogP contribution in [-0.4, -0.2) is 74.9 Å². The first kappa shape index (κ1) is 86.8. The number of hydrogen-bond donors (Lipinski definition) is 1. The molecule has 0 aliphatic carbocycles. The largest absolute Gasteiger partial charge is 0.472 e. The normalized spacial score (nSPS) is 13.0. The van der Waals surface area contributed by atoms with Crippen molar-refractivity contribution in [1.29, 1.82) is 0 Å². The summed E-state index contributed by atoms with van der Waals surface area (Å²) in [5, 5.41) is 0. The lowest BCUT2D eigenvalue weighted by atomic mass is 10.0. The molecule has 0 saturated heterocycles. The maximum atomic E-state index is 12.9. The van der Waals surface area contributed by atoms with Gasteiger partial charge < -0.3 is 18.9 Å². The molecule has 0 aromatic rings. The summed E-state index contributed by atoms with van der Waals surface area (Å²) in [6.45, 7) is 4.53. The van der Waals surface area contributed by atoms with Crippen LogP contribution in [0.4, 0.5) is 0 Å². The molecule has 1 N–H and O–H groups in total. The Bertz CT molecular complexity index is 1490. The molecule has 0 fully saturated rings. The van der Waals surface area contributed by atoms with Crippen molar-refractivity contribution < 1.29 is 42.1 Å². The van der Waals surface area contributed by atoms with E-state index < -0.39 is 26.5 Å². The van der Waals surface area contributed by atoms with Crippen molar-refractivity contribution in [2.24, 2.45) is 0 Å². The standard InChI is InChI=1S/C78H154NO8P/c1-6-8-10-12-14-16-18-20-22-24-26-28-30-32-34-35-36-37-38-39-40-41-42-43-45-47-49-51-53-55-57-59-61-63-65-67-69-71-78(81)87-76(75-86-88(82,83)85-73-72-79(3,4)5)74-84-77(80)70-68-66-64-62-60-58-56-54-52-50-48-46-44-33-31-29-27-25-23-21-19-17-15-13-11-9-7-2/h24,26,76H,6-23,25,27-75H2,1-5H3/p+1/b26-24-. The number of phosphoric ester groups is 1. The number of hydrogen-bond acceptors (Lipinski definition) is 7. The van der Waals surface area contributed by atoms with Gasteiger partial charge in [0.05, 0.1) is 27.7 Å². The number of carbonyl (C=O) groups is 2. The fourth-order valence-electron chi connectivity index (χ4n) is 12.3. The molecule has 0 bridgehead atoms. The van der Waals surface area contributed by atoms with Crippen LogP contribution in [-0.2, 0) is 32.7 Å². The Hall–Kier alpha value is -1.25. The molecule has 0 radical (unpaired) electrons. The first-order chi connectivity index (χ1) is 43.0. The van der Waals surface area contributed by atoms with Gasteiger partial charge in [0.1, 0.15) is 19.8 Å². The number of unbranched alkanes of at least 4 members (excludes halogenated alkanes) is 59. The van der Waals surface area contributed by atoms with E-state index in [-0.39, 0.29) is 25.6 Å². The summed E-state index contributed by atoms with van der Waals surface area (Å²) in [4.78, 5) is 35.9. The van der Waals surface area contributed by atoms with Crippen molar-refractivity contribution in [3.8, 4) is 0 Å². The first-order valence-corrected chi connectivity index (χ1v) is 40.9. The van der Waals surface area contributed by atoms with E-state index in [0.29, 0.717) is 17.4 Å². The summed E-state index contributed by atoms with van der Waals surface area (Å²) in [6.07, 6.45) is 87.9. The van der Waals surface area contributed by atoms with Crippen molar-refractivity contribution in [2.75, 3.05) is 47.5 Å². The number of nitrogens with zero attached hydrogens (tertiary/aromatic N) is 1. The number of allylic oxidation sites excluding steroid dienone is 2. The highest BCUT2D eigenvalue weighted by Crippen LogP contribution is 2.43. The maximum Gasteiger partial charge on any atom is 0.472 e. The van der Waals surface area contributed by atoms with Gasteiger partial charge in [0.15, 0.2) is 6.10 Å². The van der Waals surface area contributed by atoms with Crippen molar-refractivity contribution in [3.05, 3.63) is 12.2 Å². The number of carbonyl (C=O) groups excluding carboxylic acids is 2. The van der Waals surface area contributed by atoms with Gasteiger partial charge in [-0.25, -0.2) is 4.57 Å². The number of phosphoric acid groups is 1. The molecule has 2 unspecified atom stereocenters. The maximum absolute atomic E-state index is 12.9. The Balaban J connectivity index is 3.89. The third-order valence-electron chi connectivity index (χ3n) is 18.3. The summed E-state index contributed by atoms with van der Waals surface area (Å²) < 4.78 is 34.8. The highest BCUT2D eigenvalue weighted by Gasteiger charge is 2.27. The molecule has 88 heavy (non-hydrogen) atoms. The van der Waals surface area contributed by atoms with Gasteiger partial charge in [-0.05, 0) is 38.5 Å². The molecule has 9 nitrogen and oxygen atoms in total. The number of esters is 2. The monoisotopic (exact) mass is 1270 g/mol. The fraction of sp³-hybridized carbons (Fsp3) is 0.949. The predicted octanol–water partition coefficient (Wildman–Crippen LogP) is 25.8. The summed E-state index contributed by atoms with van der Waals surface area (Å²) >= 11 is 0. The second-order valence-electron chi connectivity index (χ2n) is 28.5. The average Bonchev–Trinajstić information content (AvgIpc) is 3.68. The van der Waals surface area contributed by atoms with Gasteiger partial charge in [-0.15, -0.1) is 0 Å². The third kappa shape index (κ3) is 73.8. The van der Waals surface area contributed by atoms with Crippen molar-refractivity contribution in [2.45, 2.75) is 431 Å². The molecule has 2 atom stereocenters. The van der Waals surface area contributed by atoms with Crippen molar-refractivity contribution in [3.63, 3.8) is 0 Å². The fourth-order valence-corrected chi connectivity index (χ4v) is 13.0. The number of likely N-dealkylation sites (N-methyl/N-ethyl adjacent to an activating group) is 1. The quantitative estimate of drug-likeness (QED) is 0.0211. The van der Waals surface area contributed by atoms with Gasteiger partial charge in [-0.1, -0.05) is 386 Å². The molecule has 0 rings (SSSR count). The Kier molecular flexibility index (Phi) is 69.1. The average molecular weight is 1270 g/mol. The van der Waals surface area contributed by atoms with Gasteiger partial charge in [-0.3, -0.25) is 18.6 Å². The van der Waals surface area contributed by atoms with E-state index in [9.17, 15) is 19.0 Å². The number of rotatable bonds is 75. The lowest BCUT2D eigenvalue weighted by Crippen LogP contribution is -2.37. The minimum Gasteiger partial charge on any atom is -0.462 e. The smallest absolute Gasteiger partial charge is 0.462 e. The predicted molar refractivity (Wildman–Crippen MR) is 381 cm³/mol. The third-order valence-corrected chi connectivity index (χ3v) is 19.3. The lowest BCUT2D eigenvalue weighted by Gasteiger charge is -2.24. The molecule has 0 heterocycles. The summed E-state index contributed by atoms with van der Waals surface area (Å²) in [5.74, 6) is -0.767. The van der Waals surface area contributed by atoms with Crippen molar-refractivity contribution in [1.82, 2.24) is 0 Å². The molecule has 0 aliphatic heterocycles. The number of ether oxygens (including phenoxy) is 2. The van der Waals surface area contributed by atoms with Gasteiger partial charge in [0, 0.05) is 12.8 Å². The van der Waals surface area contributed by atoms with Gasteiger partial charge in [-0.2, -0.15) is 0 Å². The topological polar surface area (TPSA) is 108 Å². The molecule has 0 aromatic heterocycles. The number of quaternary nitrogens is 1. The van der Waals surface area contributed by atoms with Crippen LogP contribution < -0.4 is 0 Å². The van der Waals surface area contributed by atoms with E-state index in [4.69, 9.17) is 18.5 Å². The molecule has 0 aliphatic rings. The van der Waals surface area contributed by atoms with Crippen LogP contribution in [0.25, 0.3) is 0 Å². The second kappa shape index (κ2) is 70.1. The van der Waals surface area contributed by atoms with Crippen LogP contribution in [0.3, 0.4) is 0 Å². The summed E-state index contributed by atoms with van der Waals surface area (Å²) in [5.41, 5.74) is 0. The van der Waals surface area contributed by atoms with Gasteiger partial charge in [0.2, 0.25) is 0 Å². The molecular weight excluding hydrogens is 1110 g/mol. The van der Waals surface area contributed by atoms with Crippen molar-refractivity contribution >= 4 is 19.8 Å². The van der Waals surface area contributed by atoms with E-state index >= 15 is 0 Å². The SMILES string of the molecule is CCCCCCCCCC/C=C\CCCCCCCCCCCCCCCCCCCCCCCCCCCC(=O)OC(COC(=O)CCCCCCCCCCCCCCCCCCCCCCCCCCCCC)COP(=O)(O)OCC[N+](C)(C)C. The minimum atomic E-state index is -4.39. The minimum absolute atomic E-state index is 0.0371. The zero-order chi connectivity index (χ0) is 64.1. The first-order valence-electron chi connectivity index (χ1n) is 39.4. The molecule has 0 saturated carbocycles. The van der Waals surface area contributed by atoms with Crippen LogP contribution in [0, 0.1) is 0 Å². The molecule has 0 amide bonds.